The molecule has 0 aliphatic rings. The molecule has 166 valence electrons. The van der Waals surface area contributed by atoms with Crippen LogP contribution in [0.25, 0.3) is 5.69 Å². The zero-order valence-electron chi connectivity index (χ0n) is 17.0. The van der Waals surface area contributed by atoms with E-state index in [1.165, 1.54) is 29.0 Å². The Kier molecular flexibility index (Phi) is 6.83. The van der Waals surface area contributed by atoms with Crippen molar-refractivity contribution in [1.82, 2.24) is 9.99 Å². The van der Waals surface area contributed by atoms with Crippen LogP contribution in [0.4, 0.5) is 18.9 Å². The number of alkyl halides is 3. The van der Waals surface area contributed by atoms with Crippen LogP contribution in [0.15, 0.2) is 64.2 Å². The van der Waals surface area contributed by atoms with Gasteiger partial charge in [-0.15, -0.1) is 0 Å². The summed E-state index contributed by atoms with van der Waals surface area (Å²) < 4.78 is 42.5. The molecule has 1 aromatic heterocycles. The average Bonchev–Trinajstić information content (AvgIpc) is 3.00. The van der Waals surface area contributed by atoms with Crippen LogP contribution in [0, 0.1) is 13.8 Å². The van der Waals surface area contributed by atoms with E-state index in [2.05, 4.69) is 31.8 Å². The Morgan fingerprint density at radius 2 is 1.75 bits per heavy atom. The summed E-state index contributed by atoms with van der Waals surface area (Å²) in [5.74, 6) is -1.90. The number of carbonyl (C=O) groups excluding carboxylic acids is 2. The lowest BCUT2D eigenvalue weighted by Gasteiger charge is -2.16. The van der Waals surface area contributed by atoms with Gasteiger partial charge in [0.1, 0.15) is 0 Å². The normalized spacial score (nSPS) is 11.6. The molecule has 0 saturated heterocycles. The number of nitrogens with zero attached hydrogens (tertiary/aromatic N) is 2. The highest BCUT2D eigenvalue weighted by Gasteiger charge is 2.34. The van der Waals surface area contributed by atoms with E-state index in [-0.39, 0.29) is 5.69 Å². The first-order valence-corrected chi connectivity index (χ1v) is 10.1. The maximum absolute atomic E-state index is 13.4. The second kappa shape index (κ2) is 9.39. The van der Waals surface area contributed by atoms with Gasteiger partial charge in [0.15, 0.2) is 0 Å². The molecule has 0 unspecified atom stereocenters. The highest BCUT2D eigenvalue weighted by Crippen LogP contribution is 2.35. The summed E-state index contributed by atoms with van der Waals surface area (Å²) >= 11 is 3.26. The van der Waals surface area contributed by atoms with E-state index in [4.69, 9.17) is 0 Å². The predicted molar refractivity (Wildman–Crippen MR) is 119 cm³/mol. The number of nitrogens with one attached hydrogen (secondary N) is 2. The van der Waals surface area contributed by atoms with Crippen molar-refractivity contribution < 1.29 is 22.8 Å². The number of halogens is 4. The fourth-order valence-corrected chi connectivity index (χ4v) is 3.56. The molecule has 3 aromatic rings. The summed E-state index contributed by atoms with van der Waals surface area (Å²) in [5.41, 5.74) is 3.32. The molecular formula is C22H18BrF3N4O2. The molecule has 2 amide bonds. The minimum Gasteiger partial charge on any atom is -0.318 e. The van der Waals surface area contributed by atoms with Crippen LogP contribution < -0.4 is 10.7 Å². The van der Waals surface area contributed by atoms with E-state index in [0.717, 1.165) is 10.5 Å². The van der Waals surface area contributed by atoms with Crippen molar-refractivity contribution in [3.63, 3.8) is 0 Å². The quantitative estimate of drug-likeness (QED) is 0.298. The molecule has 0 fully saturated rings. The average molecular weight is 507 g/mol. The minimum atomic E-state index is -4.51. The van der Waals surface area contributed by atoms with Crippen LogP contribution in [-0.4, -0.2) is 22.6 Å². The van der Waals surface area contributed by atoms with Gasteiger partial charge in [0.05, 0.1) is 17.5 Å². The SMILES string of the molecule is Cc1cc(/C=N\NC(=O)C(=O)Nc2cccc(Br)c2)c(C)n1-c1ccccc1C(F)(F)F. The number of para-hydroxylation sites is 1. The molecule has 2 aromatic carbocycles. The molecule has 0 aliphatic heterocycles. The number of benzene rings is 2. The number of hydrogen-bond acceptors (Lipinski definition) is 3. The molecular weight excluding hydrogens is 489 g/mol. The number of rotatable bonds is 4. The van der Waals surface area contributed by atoms with Gasteiger partial charge in [0, 0.05) is 27.1 Å². The summed E-state index contributed by atoms with van der Waals surface area (Å²) in [5, 5.41) is 6.20. The first-order valence-electron chi connectivity index (χ1n) is 9.33. The standard InChI is InChI=1S/C22H18BrF3N4O2/c1-13-10-15(14(2)30(13)19-9-4-3-8-18(19)22(24,25)26)12-27-29-21(32)20(31)28-17-7-5-6-16(23)11-17/h3-12H,1-2H3,(H,28,31)(H,29,32)/b27-12-. The maximum Gasteiger partial charge on any atom is 0.418 e. The highest BCUT2D eigenvalue weighted by atomic mass is 79.9. The Morgan fingerprint density at radius 1 is 1.03 bits per heavy atom. The highest BCUT2D eigenvalue weighted by molar-refractivity contribution is 9.10. The van der Waals surface area contributed by atoms with Gasteiger partial charge in [-0.25, -0.2) is 5.43 Å². The van der Waals surface area contributed by atoms with Gasteiger partial charge < -0.3 is 9.88 Å². The van der Waals surface area contributed by atoms with Gasteiger partial charge in [0.25, 0.3) is 0 Å². The molecule has 0 bridgehead atoms. The van der Waals surface area contributed by atoms with E-state index in [0.29, 0.717) is 22.6 Å². The maximum atomic E-state index is 13.4. The number of aromatic nitrogens is 1. The minimum absolute atomic E-state index is 0.00733. The summed E-state index contributed by atoms with van der Waals surface area (Å²) in [6.45, 7) is 3.31. The fraction of sp³-hybridized carbons (Fsp3) is 0.136. The second-order valence-electron chi connectivity index (χ2n) is 6.84. The third-order valence-corrected chi connectivity index (χ3v) is 5.07. The molecule has 0 radical (unpaired) electrons. The molecule has 6 nitrogen and oxygen atoms in total. The summed E-state index contributed by atoms with van der Waals surface area (Å²) in [6.07, 6.45) is -3.23. The third-order valence-electron chi connectivity index (χ3n) is 4.58. The van der Waals surface area contributed by atoms with Crippen LogP contribution in [0.5, 0.6) is 0 Å². The summed E-state index contributed by atoms with van der Waals surface area (Å²) in [7, 11) is 0. The number of anilines is 1. The van der Waals surface area contributed by atoms with E-state index < -0.39 is 23.6 Å². The molecule has 1 heterocycles. The number of aryl methyl sites for hydroxylation is 1. The Hall–Kier alpha value is -3.40. The molecule has 0 atom stereocenters. The molecule has 2 N–H and O–H groups in total. The van der Waals surface area contributed by atoms with E-state index in [9.17, 15) is 22.8 Å². The summed E-state index contributed by atoms with van der Waals surface area (Å²) in [4.78, 5) is 24.0. The van der Waals surface area contributed by atoms with Crippen LogP contribution in [0.2, 0.25) is 0 Å². The van der Waals surface area contributed by atoms with Crippen molar-refractivity contribution in [3.8, 4) is 5.69 Å². The van der Waals surface area contributed by atoms with Gasteiger partial charge >= 0.3 is 18.0 Å². The monoisotopic (exact) mass is 506 g/mol. The van der Waals surface area contributed by atoms with Gasteiger partial charge in [-0.05, 0) is 50.2 Å². The van der Waals surface area contributed by atoms with Crippen molar-refractivity contribution in [1.29, 1.82) is 0 Å². The van der Waals surface area contributed by atoms with Crippen molar-refractivity contribution in [2.45, 2.75) is 20.0 Å². The van der Waals surface area contributed by atoms with Crippen LogP contribution in [0.1, 0.15) is 22.5 Å². The Balaban J connectivity index is 1.76. The van der Waals surface area contributed by atoms with Gasteiger partial charge in [-0.1, -0.05) is 34.1 Å². The van der Waals surface area contributed by atoms with E-state index in [1.54, 1.807) is 44.2 Å². The van der Waals surface area contributed by atoms with Gasteiger partial charge in [0.2, 0.25) is 0 Å². The fourth-order valence-electron chi connectivity index (χ4n) is 3.16. The van der Waals surface area contributed by atoms with E-state index in [1.807, 2.05) is 0 Å². The van der Waals surface area contributed by atoms with Crippen LogP contribution in [-0.2, 0) is 15.8 Å². The van der Waals surface area contributed by atoms with Crippen molar-refractivity contribution in [3.05, 3.63) is 81.6 Å². The molecule has 10 heteroatoms. The first-order chi connectivity index (χ1) is 15.1. The molecule has 0 saturated carbocycles. The zero-order chi connectivity index (χ0) is 23.5. The number of hydrazone groups is 1. The molecule has 3 rings (SSSR count). The largest absolute Gasteiger partial charge is 0.418 e. The van der Waals surface area contributed by atoms with Crippen molar-refractivity contribution in [2.24, 2.45) is 5.10 Å². The first kappa shape index (κ1) is 23.3. The molecule has 0 aliphatic carbocycles. The second-order valence-corrected chi connectivity index (χ2v) is 7.76. The smallest absolute Gasteiger partial charge is 0.318 e. The Bertz CT molecular complexity index is 1200. The zero-order valence-corrected chi connectivity index (χ0v) is 18.6. The third kappa shape index (κ3) is 5.25. The lowest BCUT2D eigenvalue weighted by Crippen LogP contribution is -2.32. The lowest BCUT2D eigenvalue weighted by molar-refractivity contribution is -0.137. The number of amides is 2. The van der Waals surface area contributed by atoms with Gasteiger partial charge in [-0.2, -0.15) is 18.3 Å². The number of carbonyl (C=O) groups is 2. The van der Waals surface area contributed by atoms with Crippen LogP contribution >= 0.6 is 15.9 Å². The van der Waals surface area contributed by atoms with Crippen molar-refractivity contribution >= 4 is 39.6 Å². The summed E-state index contributed by atoms with van der Waals surface area (Å²) in [6, 6.07) is 13.6. The van der Waals surface area contributed by atoms with Gasteiger partial charge in [-0.3, -0.25) is 9.59 Å². The Morgan fingerprint density at radius 3 is 2.44 bits per heavy atom. The predicted octanol–water partition coefficient (Wildman–Crippen LogP) is 4.96. The lowest BCUT2D eigenvalue weighted by atomic mass is 10.1. The Labute approximate surface area is 190 Å². The number of hydrogen-bond donors (Lipinski definition) is 2. The molecule has 0 spiro atoms. The van der Waals surface area contributed by atoms with Crippen molar-refractivity contribution in [2.75, 3.05) is 5.32 Å². The molecule has 32 heavy (non-hydrogen) atoms. The van der Waals surface area contributed by atoms with E-state index >= 15 is 0 Å². The van der Waals surface area contributed by atoms with Crippen LogP contribution in [0.3, 0.4) is 0 Å². The topological polar surface area (TPSA) is 75.5 Å².